The van der Waals surface area contributed by atoms with Crippen LogP contribution in [-0.4, -0.2) is 21.9 Å². The predicted octanol–water partition coefficient (Wildman–Crippen LogP) is 5.68. The Kier molecular flexibility index (Phi) is 5.62. The largest absolute Gasteiger partial charge is 0.497 e. The normalized spacial score (nSPS) is 10.9. The van der Waals surface area contributed by atoms with Crippen LogP contribution in [0.2, 0.25) is 0 Å². The number of nitrogens with zero attached hydrogens (tertiary/aromatic N) is 3. The third-order valence-corrected chi connectivity index (χ3v) is 5.53. The maximum absolute atomic E-state index is 14.0. The summed E-state index contributed by atoms with van der Waals surface area (Å²) in [6.45, 7) is 2.05. The fraction of sp³-hybridized carbons (Fsp3) is 0.130. The molecule has 4 rings (SSSR count). The molecule has 0 amide bonds. The van der Waals surface area contributed by atoms with Crippen LogP contribution in [0.4, 0.5) is 4.39 Å². The van der Waals surface area contributed by atoms with Crippen molar-refractivity contribution in [3.05, 3.63) is 89.7 Å². The van der Waals surface area contributed by atoms with Gasteiger partial charge in [-0.05, 0) is 60.5 Å². The second-order valence-corrected chi connectivity index (χ2v) is 7.53. The Balaban J connectivity index is 1.75. The highest BCUT2D eigenvalue weighted by molar-refractivity contribution is 7.98. The molecule has 29 heavy (non-hydrogen) atoms. The van der Waals surface area contributed by atoms with Crippen molar-refractivity contribution in [2.24, 2.45) is 0 Å². The molecule has 0 N–H and O–H groups in total. The molecule has 1 heterocycles. The van der Waals surface area contributed by atoms with Gasteiger partial charge in [0.15, 0.2) is 11.0 Å². The number of thioether (sulfide) groups is 1. The molecule has 3 aromatic carbocycles. The molecule has 0 aliphatic heterocycles. The van der Waals surface area contributed by atoms with Crippen LogP contribution in [0.15, 0.2) is 78.0 Å². The zero-order valence-corrected chi connectivity index (χ0v) is 17.0. The fourth-order valence-electron chi connectivity index (χ4n) is 3.05. The Morgan fingerprint density at radius 3 is 2.48 bits per heavy atom. The summed E-state index contributed by atoms with van der Waals surface area (Å²) in [6.07, 6.45) is 0. The summed E-state index contributed by atoms with van der Waals surface area (Å²) in [5.74, 6) is 1.77. The standard InChI is InChI=1S/C23H20FN3OS/c1-16-6-5-8-19(14-16)27-22(17-10-12-20(28-2)13-11-17)25-26-23(27)29-15-18-7-3-4-9-21(18)24/h3-14H,15H2,1-2H3. The Hall–Kier alpha value is -3.12. The molecule has 0 saturated heterocycles. The quantitative estimate of drug-likeness (QED) is 0.387. The molecule has 0 saturated carbocycles. The van der Waals surface area contributed by atoms with E-state index in [1.807, 2.05) is 60.0 Å². The number of halogens is 1. The lowest BCUT2D eigenvalue weighted by Crippen LogP contribution is -2.00. The van der Waals surface area contributed by atoms with Gasteiger partial charge in [-0.3, -0.25) is 4.57 Å². The van der Waals surface area contributed by atoms with Gasteiger partial charge in [-0.2, -0.15) is 0 Å². The summed E-state index contributed by atoms with van der Waals surface area (Å²) in [7, 11) is 1.64. The molecule has 146 valence electrons. The summed E-state index contributed by atoms with van der Waals surface area (Å²) < 4.78 is 21.3. The van der Waals surface area contributed by atoms with Gasteiger partial charge in [0.25, 0.3) is 0 Å². The average Bonchev–Trinajstić information content (AvgIpc) is 3.17. The lowest BCUT2D eigenvalue weighted by Gasteiger charge is -2.11. The summed E-state index contributed by atoms with van der Waals surface area (Å²) >= 11 is 1.46. The summed E-state index contributed by atoms with van der Waals surface area (Å²) in [4.78, 5) is 0. The molecule has 0 aliphatic rings. The number of ether oxygens (including phenoxy) is 1. The highest BCUT2D eigenvalue weighted by atomic mass is 32.2. The molecule has 0 unspecified atom stereocenters. The zero-order valence-electron chi connectivity index (χ0n) is 16.2. The van der Waals surface area contributed by atoms with E-state index in [1.54, 1.807) is 19.2 Å². The lowest BCUT2D eigenvalue weighted by molar-refractivity contribution is 0.415. The van der Waals surface area contributed by atoms with E-state index in [9.17, 15) is 4.39 Å². The van der Waals surface area contributed by atoms with Gasteiger partial charge in [0, 0.05) is 17.0 Å². The molecule has 1 aromatic heterocycles. The third kappa shape index (κ3) is 4.17. The number of hydrogen-bond acceptors (Lipinski definition) is 4. The summed E-state index contributed by atoms with van der Waals surface area (Å²) in [5.41, 5.74) is 3.68. The van der Waals surface area contributed by atoms with Crippen molar-refractivity contribution in [3.8, 4) is 22.8 Å². The van der Waals surface area contributed by atoms with Crippen LogP contribution in [0.1, 0.15) is 11.1 Å². The predicted molar refractivity (Wildman–Crippen MR) is 114 cm³/mol. The smallest absolute Gasteiger partial charge is 0.196 e. The van der Waals surface area contributed by atoms with Crippen molar-refractivity contribution in [2.45, 2.75) is 17.8 Å². The van der Waals surface area contributed by atoms with Gasteiger partial charge in [0.2, 0.25) is 0 Å². The average molecular weight is 405 g/mol. The SMILES string of the molecule is COc1ccc(-c2nnc(SCc3ccccc3F)n2-c2cccc(C)c2)cc1. The fourth-order valence-corrected chi connectivity index (χ4v) is 3.99. The van der Waals surface area contributed by atoms with Gasteiger partial charge < -0.3 is 4.74 Å². The van der Waals surface area contributed by atoms with Crippen LogP contribution in [0.3, 0.4) is 0 Å². The molecule has 0 atom stereocenters. The maximum Gasteiger partial charge on any atom is 0.196 e. The van der Waals surface area contributed by atoms with E-state index in [0.717, 1.165) is 28.4 Å². The van der Waals surface area contributed by atoms with Gasteiger partial charge in [-0.1, -0.05) is 42.1 Å². The monoisotopic (exact) mass is 405 g/mol. The molecule has 0 spiro atoms. The van der Waals surface area contributed by atoms with Gasteiger partial charge >= 0.3 is 0 Å². The molecule has 4 nitrogen and oxygen atoms in total. The number of aryl methyl sites for hydroxylation is 1. The van der Waals surface area contributed by atoms with Crippen molar-refractivity contribution in [3.63, 3.8) is 0 Å². The van der Waals surface area contributed by atoms with Crippen LogP contribution in [0.25, 0.3) is 17.1 Å². The minimum atomic E-state index is -0.211. The van der Waals surface area contributed by atoms with Gasteiger partial charge in [-0.25, -0.2) is 4.39 Å². The number of methoxy groups -OCH3 is 1. The van der Waals surface area contributed by atoms with Gasteiger partial charge in [0.05, 0.1) is 7.11 Å². The first kappa shape index (κ1) is 19.2. The molecule has 6 heteroatoms. The van der Waals surface area contributed by atoms with Crippen molar-refractivity contribution in [1.82, 2.24) is 14.8 Å². The van der Waals surface area contributed by atoms with Crippen molar-refractivity contribution in [1.29, 1.82) is 0 Å². The molecule has 0 bridgehead atoms. The van der Waals surface area contributed by atoms with Crippen LogP contribution in [-0.2, 0) is 5.75 Å². The van der Waals surface area contributed by atoms with Gasteiger partial charge in [-0.15, -0.1) is 10.2 Å². The minimum absolute atomic E-state index is 0.211. The molecular formula is C23H20FN3OS. The lowest BCUT2D eigenvalue weighted by atomic mass is 10.2. The van der Waals surface area contributed by atoms with E-state index < -0.39 is 0 Å². The highest BCUT2D eigenvalue weighted by Gasteiger charge is 2.17. The van der Waals surface area contributed by atoms with Crippen molar-refractivity contribution in [2.75, 3.05) is 7.11 Å². The van der Waals surface area contributed by atoms with Crippen LogP contribution in [0.5, 0.6) is 5.75 Å². The summed E-state index contributed by atoms with van der Waals surface area (Å²) in [6, 6.07) is 22.7. The molecule has 0 aliphatic carbocycles. The second-order valence-electron chi connectivity index (χ2n) is 6.59. The first-order valence-electron chi connectivity index (χ1n) is 9.19. The van der Waals surface area contributed by atoms with E-state index >= 15 is 0 Å². The molecule has 4 aromatic rings. The highest BCUT2D eigenvalue weighted by Crippen LogP contribution is 2.31. The number of benzene rings is 3. The zero-order chi connectivity index (χ0) is 20.2. The Morgan fingerprint density at radius 2 is 1.76 bits per heavy atom. The van der Waals surface area contributed by atoms with E-state index in [-0.39, 0.29) is 5.82 Å². The Morgan fingerprint density at radius 1 is 0.966 bits per heavy atom. The van der Waals surface area contributed by atoms with Crippen LogP contribution >= 0.6 is 11.8 Å². The first-order valence-corrected chi connectivity index (χ1v) is 10.2. The Labute approximate surface area is 173 Å². The Bertz CT molecular complexity index is 1130. The first-order chi connectivity index (χ1) is 14.2. The van der Waals surface area contributed by atoms with Crippen molar-refractivity contribution < 1.29 is 9.13 Å². The molecule has 0 radical (unpaired) electrons. The number of rotatable bonds is 6. The third-order valence-electron chi connectivity index (χ3n) is 4.56. The van der Waals surface area contributed by atoms with Gasteiger partial charge in [0.1, 0.15) is 11.6 Å². The summed E-state index contributed by atoms with van der Waals surface area (Å²) in [5, 5.41) is 9.56. The van der Waals surface area contributed by atoms with E-state index in [2.05, 4.69) is 16.3 Å². The van der Waals surface area contributed by atoms with Crippen LogP contribution < -0.4 is 4.74 Å². The van der Waals surface area contributed by atoms with E-state index in [0.29, 0.717) is 16.5 Å². The van der Waals surface area contributed by atoms with E-state index in [4.69, 9.17) is 4.74 Å². The minimum Gasteiger partial charge on any atom is -0.497 e. The van der Waals surface area contributed by atoms with Crippen LogP contribution in [0, 0.1) is 12.7 Å². The van der Waals surface area contributed by atoms with E-state index in [1.165, 1.54) is 17.8 Å². The maximum atomic E-state index is 14.0. The molecular weight excluding hydrogens is 385 g/mol. The molecule has 0 fully saturated rings. The van der Waals surface area contributed by atoms with Crippen molar-refractivity contribution >= 4 is 11.8 Å². The topological polar surface area (TPSA) is 39.9 Å². The second kappa shape index (κ2) is 8.49. The number of hydrogen-bond donors (Lipinski definition) is 0. The number of aromatic nitrogens is 3.